The quantitative estimate of drug-likeness (QED) is 0.627. The van der Waals surface area contributed by atoms with Gasteiger partial charge in [-0.1, -0.05) is 17.7 Å². The van der Waals surface area contributed by atoms with E-state index in [0.29, 0.717) is 11.3 Å². The standard InChI is InChI=1S/C14H14O3/c1-10-2-4-11(5-3-10)14(16)17-13-8-6-12(15)7-9-13/h2,4,6-9,15H,3,5H2,1H3. The third-order valence-electron chi connectivity index (χ3n) is 2.67. The molecule has 3 heteroatoms. The van der Waals surface area contributed by atoms with Crippen molar-refractivity contribution in [3.05, 3.63) is 47.6 Å². The summed E-state index contributed by atoms with van der Waals surface area (Å²) in [5.41, 5.74) is 1.95. The average molecular weight is 230 g/mol. The third kappa shape index (κ3) is 2.97. The maximum atomic E-state index is 11.8. The van der Waals surface area contributed by atoms with Gasteiger partial charge in [0.2, 0.25) is 0 Å². The summed E-state index contributed by atoms with van der Waals surface area (Å²) in [5, 5.41) is 9.11. The lowest BCUT2D eigenvalue weighted by molar-refractivity contribution is -0.130. The highest BCUT2D eigenvalue weighted by molar-refractivity contribution is 5.90. The van der Waals surface area contributed by atoms with Crippen molar-refractivity contribution < 1.29 is 14.6 Å². The Kier molecular flexibility index (Phi) is 3.28. The van der Waals surface area contributed by atoms with Gasteiger partial charge in [-0.15, -0.1) is 0 Å². The Balaban J connectivity index is 2.05. The molecule has 0 saturated carbocycles. The number of esters is 1. The summed E-state index contributed by atoms with van der Waals surface area (Å²) in [4.78, 5) is 11.8. The molecule has 0 amide bonds. The second-order valence-corrected chi connectivity index (χ2v) is 4.09. The smallest absolute Gasteiger partial charge is 0.339 e. The summed E-state index contributed by atoms with van der Waals surface area (Å²) in [6.45, 7) is 2.04. The zero-order valence-electron chi connectivity index (χ0n) is 9.64. The highest BCUT2D eigenvalue weighted by Gasteiger charge is 2.14. The molecule has 0 saturated heterocycles. The van der Waals surface area contributed by atoms with Gasteiger partial charge in [0, 0.05) is 5.57 Å². The first kappa shape index (κ1) is 11.5. The van der Waals surface area contributed by atoms with Gasteiger partial charge in [0.05, 0.1) is 0 Å². The van der Waals surface area contributed by atoms with Crippen molar-refractivity contribution in [3.63, 3.8) is 0 Å². The van der Waals surface area contributed by atoms with Crippen LogP contribution < -0.4 is 4.74 Å². The molecule has 0 aliphatic heterocycles. The molecule has 1 N–H and O–H groups in total. The van der Waals surface area contributed by atoms with E-state index in [1.807, 2.05) is 19.1 Å². The van der Waals surface area contributed by atoms with Crippen LogP contribution in [0.5, 0.6) is 11.5 Å². The van der Waals surface area contributed by atoms with Crippen molar-refractivity contribution in [1.82, 2.24) is 0 Å². The van der Waals surface area contributed by atoms with Crippen LogP contribution in [-0.2, 0) is 4.79 Å². The lowest BCUT2D eigenvalue weighted by Gasteiger charge is -2.11. The zero-order valence-corrected chi connectivity index (χ0v) is 9.64. The number of hydrogen-bond donors (Lipinski definition) is 1. The van der Waals surface area contributed by atoms with Gasteiger partial charge in [-0.25, -0.2) is 4.79 Å². The summed E-state index contributed by atoms with van der Waals surface area (Å²) in [5.74, 6) is 0.277. The fourth-order valence-electron chi connectivity index (χ4n) is 1.60. The molecule has 0 atom stereocenters. The van der Waals surface area contributed by atoms with E-state index in [0.717, 1.165) is 12.8 Å². The lowest BCUT2D eigenvalue weighted by atomic mass is 10.00. The Bertz CT molecular complexity index is 481. The van der Waals surface area contributed by atoms with Gasteiger partial charge in [0.15, 0.2) is 0 Å². The molecule has 17 heavy (non-hydrogen) atoms. The highest BCUT2D eigenvalue weighted by atomic mass is 16.5. The van der Waals surface area contributed by atoms with Crippen LogP contribution in [0, 0.1) is 0 Å². The van der Waals surface area contributed by atoms with E-state index in [1.165, 1.54) is 17.7 Å². The molecule has 1 aromatic carbocycles. The maximum Gasteiger partial charge on any atom is 0.339 e. The van der Waals surface area contributed by atoms with Gasteiger partial charge < -0.3 is 9.84 Å². The Morgan fingerprint density at radius 1 is 1.18 bits per heavy atom. The van der Waals surface area contributed by atoms with Crippen LogP contribution in [0.4, 0.5) is 0 Å². The maximum absolute atomic E-state index is 11.8. The summed E-state index contributed by atoms with van der Waals surface area (Å²) in [6.07, 6.45) is 5.37. The van der Waals surface area contributed by atoms with Crippen LogP contribution in [0.15, 0.2) is 47.6 Å². The van der Waals surface area contributed by atoms with Crippen molar-refractivity contribution in [3.8, 4) is 11.5 Å². The van der Waals surface area contributed by atoms with Gasteiger partial charge >= 0.3 is 5.97 Å². The fraction of sp³-hybridized carbons (Fsp3) is 0.214. The molecule has 1 aromatic rings. The molecule has 0 unspecified atom stereocenters. The zero-order chi connectivity index (χ0) is 12.3. The summed E-state index contributed by atoms with van der Waals surface area (Å²) in [6, 6.07) is 6.11. The number of rotatable bonds is 2. The summed E-state index contributed by atoms with van der Waals surface area (Å²) in [7, 11) is 0. The van der Waals surface area contributed by atoms with E-state index in [-0.39, 0.29) is 11.7 Å². The minimum Gasteiger partial charge on any atom is -0.508 e. The van der Waals surface area contributed by atoms with E-state index >= 15 is 0 Å². The van der Waals surface area contributed by atoms with Gasteiger partial charge in [-0.2, -0.15) is 0 Å². The Morgan fingerprint density at radius 2 is 1.88 bits per heavy atom. The first-order valence-corrected chi connectivity index (χ1v) is 5.53. The number of hydrogen-bond acceptors (Lipinski definition) is 3. The van der Waals surface area contributed by atoms with Crippen LogP contribution in [0.1, 0.15) is 19.8 Å². The third-order valence-corrected chi connectivity index (χ3v) is 2.67. The molecule has 0 heterocycles. The second kappa shape index (κ2) is 4.87. The Hall–Kier alpha value is -2.03. The van der Waals surface area contributed by atoms with E-state index in [1.54, 1.807) is 12.1 Å². The van der Waals surface area contributed by atoms with Crippen molar-refractivity contribution in [1.29, 1.82) is 0 Å². The van der Waals surface area contributed by atoms with Gasteiger partial charge in [0.1, 0.15) is 11.5 Å². The fourth-order valence-corrected chi connectivity index (χ4v) is 1.60. The van der Waals surface area contributed by atoms with Crippen molar-refractivity contribution in [2.24, 2.45) is 0 Å². The average Bonchev–Trinajstić information content (AvgIpc) is 2.33. The molecule has 0 spiro atoms. The predicted octanol–water partition coefficient (Wildman–Crippen LogP) is 2.96. The number of carbonyl (C=O) groups is 1. The lowest BCUT2D eigenvalue weighted by Crippen LogP contribution is -2.12. The van der Waals surface area contributed by atoms with E-state index in [9.17, 15) is 4.79 Å². The van der Waals surface area contributed by atoms with Crippen LogP contribution >= 0.6 is 0 Å². The molecule has 0 aromatic heterocycles. The van der Waals surface area contributed by atoms with Crippen LogP contribution in [0.25, 0.3) is 0 Å². The monoisotopic (exact) mass is 230 g/mol. The number of aromatic hydroxyl groups is 1. The SMILES string of the molecule is CC1=CC=C(C(=O)Oc2ccc(O)cc2)CC1. The van der Waals surface area contributed by atoms with Crippen molar-refractivity contribution in [2.75, 3.05) is 0 Å². The van der Waals surface area contributed by atoms with Gasteiger partial charge in [-0.05, 0) is 44.0 Å². The van der Waals surface area contributed by atoms with E-state index < -0.39 is 0 Å². The number of phenols is 1. The normalized spacial score (nSPS) is 14.9. The Morgan fingerprint density at radius 3 is 2.47 bits per heavy atom. The largest absolute Gasteiger partial charge is 0.508 e. The molecule has 1 aliphatic rings. The van der Waals surface area contributed by atoms with E-state index in [2.05, 4.69) is 0 Å². The van der Waals surface area contributed by atoms with Crippen LogP contribution in [0.2, 0.25) is 0 Å². The van der Waals surface area contributed by atoms with E-state index in [4.69, 9.17) is 9.84 Å². The predicted molar refractivity (Wildman–Crippen MR) is 64.8 cm³/mol. The molecular weight excluding hydrogens is 216 g/mol. The van der Waals surface area contributed by atoms with Crippen LogP contribution in [0.3, 0.4) is 0 Å². The summed E-state index contributed by atoms with van der Waals surface area (Å²) >= 11 is 0. The first-order chi connectivity index (χ1) is 8.15. The minimum atomic E-state index is -0.320. The topological polar surface area (TPSA) is 46.5 Å². The highest BCUT2D eigenvalue weighted by Crippen LogP contribution is 2.21. The minimum absolute atomic E-state index is 0.153. The number of benzene rings is 1. The molecule has 0 fully saturated rings. The molecule has 3 nitrogen and oxygen atoms in total. The molecule has 2 rings (SSSR count). The molecule has 88 valence electrons. The number of carbonyl (C=O) groups excluding carboxylic acids is 1. The molecule has 0 bridgehead atoms. The number of allylic oxidation sites excluding steroid dienone is 3. The number of phenolic OH excluding ortho intramolecular Hbond substituents is 1. The Labute approximate surface area is 100 Å². The molecule has 0 radical (unpaired) electrons. The van der Waals surface area contributed by atoms with Crippen molar-refractivity contribution >= 4 is 5.97 Å². The first-order valence-electron chi connectivity index (χ1n) is 5.53. The summed E-state index contributed by atoms with van der Waals surface area (Å²) < 4.78 is 5.20. The molecule has 1 aliphatic carbocycles. The van der Waals surface area contributed by atoms with Gasteiger partial charge in [0.25, 0.3) is 0 Å². The number of ether oxygens (including phenoxy) is 1. The van der Waals surface area contributed by atoms with Crippen molar-refractivity contribution in [2.45, 2.75) is 19.8 Å². The molecular formula is C14H14O3. The second-order valence-electron chi connectivity index (χ2n) is 4.09. The van der Waals surface area contributed by atoms with Crippen LogP contribution in [-0.4, -0.2) is 11.1 Å². The van der Waals surface area contributed by atoms with Gasteiger partial charge in [-0.3, -0.25) is 0 Å².